The molecule has 5 heteroatoms. The minimum atomic E-state index is -3.38. The Labute approximate surface area is 114 Å². The second kappa shape index (κ2) is 5.43. The first-order chi connectivity index (χ1) is 8.93. The van der Waals surface area contributed by atoms with Gasteiger partial charge in [-0.2, -0.15) is 4.31 Å². The SMILES string of the molecule is CC(C)C(=O)c1ccc(S(=O)(=O)N2CCCC2)cc1. The predicted molar refractivity (Wildman–Crippen MR) is 73.6 cm³/mol. The van der Waals surface area contributed by atoms with E-state index in [1.54, 1.807) is 12.1 Å². The molecule has 4 nitrogen and oxygen atoms in total. The van der Waals surface area contributed by atoms with E-state index in [9.17, 15) is 13.2 Å². The molecular formula is C14H19NO3S. The Morgan fingerprint density at radius 3 is 2.11 bits per heavy atom. The Morgan fingerprint density at radius 1 is 1.11 bits per heavy atom. The zero-order valence-electron chi connectivity index (χ0n) is 11.3. The van der Waals surface area contributed by atoms with E-state index >= 15 is 0 Å². The van der Waals surface area contributed by atoms with Crippen LogP contribution in [0, 0.1) is 5.92 Å². The van der Waals surface area contributed by atoms with Crippen molar-refractivity contribution in [2.45, 2.75) is 31.6 Å². The molecule has 0 radical (unpaired) electrons. The topological polar surface area (TPSA) is 54.5 Å². The number of nitrogens with zero attached hydrogens (tertiary/aromatic N) is 1. The number of carbonyl (C=O) groups excluding carboxylic acids is 1. The molecule has 0 aliphatic carbocycles. The van der Waals surface area contributed by atoms with E-state index in [-0.39, 0.29) is 16.6 Å². The monoisotopic (exact) mass is 281 g/mol. The summed E-state index contributed by atoms with van der Waals surface area (Å²) in [6, 6.07) is 6.27. The van der Waals surface area contributed by atoms with Crippen molar-refractivity contribution >= 4 is 15.8 Å². The predicted octanol–water partition coefficient (Wildman–Crippen LogP) is 2.31. The maximum atomic E-state index is 12.3. The van der Waals surface area contributed by atoms with Gasteiger partial charge in [0.15, 0.2) is 5.78 Å². The lowest BCUT2D eigenvalue weighted by atomic mass is 10.0. The molecule has 0 atom stereocenters. The molecule has 0 unspecified atom stereocenters. The van der Waals surface area contributed by atoms with Gasteiger partial charge in [0.25, 0.3) is 0 Å². The summed E-state index contributed by atoms with van der Waals surface area (Å²) < 4.78 is 26.1. The summed E-state index contributed by atoms with van der Waals surface area (Å²) in [6.45, 7) is 4.85. The molecular weight excluding hydrogens is 262 g/mol. The second-order valence-electron chi connectivity index (χ2n) is 5.15. The minimum absolute atomic E-state index is 0.0325. The van der Waals surface area contributed by atoms with E-state index in [4.69, 9.17) is 0 Å². The van der Waals surface area contributed by atoms with Gasteiger partial charge in [-0.3, -0.25) is 4.79 Å². The Morgan fingerprint density at radius 2 is 1.63 bits per heavy atom. The van der Waals surface area contributed by atoms with Crippen LogP contribution in [0.15, 0.2) is 29.2 Å². The highest BCUT2D eigenvalue weighted by molar-refractivity contribution is 7.89. The van der Waals surface area contributed by atoms with Crippen LogP contribution in [0.5, 0.6) is 0 Å². The molecule has 2 rings (SSSR count). The van der Waals surface area contributed by atoms with Gasteiger partial charge in [0.1, 0.15) is 0 Å². The van der Waals surface area contributed by atoms with E-state index in [1.165, 1.54) is 16.4 Å². The molecule has 0 spiro atoms. The first-order valence-corrected chi connectivity index (χ1v) is 8.01. The molecule has 1 heterocycles. The van der Waals surface area contributed by atoms with E-state index in [0.717, 1.165) is 12.8 Å². The number of hydrogen-bond acceptors (Lipinski definition) is 3. The number of ketones is 1. The molecule has 1 aliphatic heterocycles. The summed E-state index contributed by atoms with van der Waals surface area (Å²) in [5, 5.41) is 0. The third-order valence-electron chi connectivity index (χ3n) is 3.37. The van der Waals surface area contributed by atoms with E-state index in [0.29, 0.717) is 18.7 Å². The average Bonchev–Trinajstić information content (AvgIpc) is 2.92. The summed E-state index contributed by atoms with van der Waals surface area (Å²) >= 11 is 0. The number of sulfonamides is 1. The van der Waals surface area contributed by atoms with Gasteiger partial charge in [0, 0.05) is 24.6 Å². The van der Waals surface area contributed by atoms with E-state index in [2.05, 4.69) is 0 Å². The average molecular weight is 281 g/mol. The third-order valence-corrected chi connectivity index (χ3v) is 5.28. The number of rotatable bonds is 4. The highest BCUT2D eigenvalue weighted by Gasteiger charge is 2.27. The smallest absolute Gasteiger partial charge is 0.243 e. The van der Waals surface area contributed by atoms with Crippen molar-refractivity contribution in [3.8, 4) is 0 Å². The number of benzene rings is 1. The lowest BCUT2D eigenvalue weighted by molar-refractivity contribution is 0.0939. The van der Waals surface area contributed by atoms with Crippen LogP contribution in [0.4, 0.5) is 0 Å². The molecule has 1 aromatic rings. The van der Waals surface area contributed by atoms with Crippen LogP contribution in [0.2, 0.25) is 0 Å². The number of hydrogen-bond donors (Lipinski definition) is 0. The Bertz CT molecular complexity index is 555. The first kappa shape index (κ1) is 14.2. The summed E-state index contributed by atoms with van der Waals surface area (Å²) in [5.41, 5.74) is 0.565. The number of Topliss-reactive ketones (excluding diaryl/α,β-unsaturated/α-hetero) is 1. The third kappa shape index (κ3) is 2.87. The van der Waals surface area contributed by atoms with Crippen molar-refractivity contribution < 1.29 is 13.2 Å². The Hall–Kier alpha value is -1.20. The van der Waals surface area contributed by atoms with Crippen LogP contribution in [0.3, 0.4) is 0 Å². The van der Waals surface area contributed by atoms with Gasteiger partial charge in [0.2, 0.25) is 10.0 Å². The molecule has 1 fully saturated rings. The van der Waals surface area contributed by atoms with Crippen molar-refractivity contribution in [2.24, 2.45) is 5.92 Å². The summed E-state index contributed by atoms with van der Waals surface area (Å²) in [6.07, 6.45) is 1.84. The van der Waals surface area contributed by atoms with Crippen LogP contribution in [0.1, 0.15) is 37.0 Å². The normalized spacial score (nSPS) is 17.0. The van der Waals surface area contributed by atoms with Gasteiger partial charge in [-0.25, -0.2) is 8.42 Å². The Kier molecular flexibility index (Phi) is 4.06. The van der Waals surface area contributed by atoms with Crippen molar-refractivity contribution in [1.29, 1.82) is 0 Å². The largest absolute Gasteiger partial charge is 0.294 e. The highest BCUT2D eigenvalue weighted by atomic mass is 32.2. The molecule has 1 saturated heterocycles. The molecule has 0 bridgehead atoms. The zero-order valence-corrected chi connectivity index (χ0v) is 12.1. The van der Waals surface area contributed by atoms with Crippen molar-refractivity contribution in [1.82, 2.24) is 4.31 Å². The van der Waals surface area contributed by atoms with Gasteiger partial charge < -0.3 is 0 Å². The molecule has 0 N–H and O–H groups in total. The standard InChI is InChI=1S/C14H19NO3S/c1-11(2)14(16)12-5-7-13(8-6-12)19(17,18)15-9-3-4-10-15/h5-8,11H,3-4,9-10H2,1-2H3. The maximum absolute atomic E-state index is 12.3. The lowest BCUT2D eigenvalue weighted by Gasteiger charge is -2.15. The quantitative estimate of drug-likeness (QED) is 0.796. The molecule has 0 amide bonds. The minimum Gasteiger partial charge on any atom is -0.294 e. The van der Waals surface area contributed by atoms with Crippen LogP contribution < -0.4 is 0 Å². The van der Waals surface area contributed by atoms with Crippen molar-refractivity contribution in [2.75, 3.05) is 13.1 Å². The van der Waals surface area contributed by atoms with Gasteiger partial charge in [-0.15, -0.1) is 0 Å². The maximum Gasteiger partial charge on any atom is 0.243 e. The molecule has 0 saturated carbocycles. The summed E-state index contributed by atoms with van der Waals surface area (Å²) in [5.74, 6) is -0.0499. The van der Waals surface area contributed by atoms with Crippen LogP contribution in [-0.2, 0) is 10.0 Å². The molecule has 19 heavy (non-hydrogen) atoms. The molecule has 1 aromatic carbocycles. The Balaban J connectivity index is 2.25. The fourth-order valence-corrected chi connectivity index (χ4v) is 3.72. The van der Waals surface area contributed by atoms with Gasteiger partial charge in [0.05, 0.1) is 4.90 Å². The fraction of sp³-hybridized carbons (Fsp3) is 0.500. The molecule has 1 aliphatic rings. The first-order valence-electron chi connectivity index (χ1n) is 6.57. The summed E-state index contributed by atoms with van der Waals surface area (Å²) in [7, 11) is -3.38. The molecule has 0 aromatic heterocycles. The van der Waals surface area contributed by atoms with Gasteiger partial charge >= 0.3 is 0 Å². The number of carbonyl (C=O) groups is 1. The van der Waals surface area contributed by atoms with Crippen molar-refractivity contribution in [3.63, 3.8) is 0 Å². The molecule has 104 valence electrons. The summed E-state index contributed by atoms with van der Waals surface area (Å²) in [4.78, 5) is 12.1. The van der Waals surface area contributed by atoms with Gasteiger partial charge in [-0.05, 0) is 25.0 Å². The van der Waals surface area contributed by atoms with Gasteiger partial charge in [-0.1, -0.05) is 26.0 Å². The highest BCUT2D eigenvalue weighted by Crippen LogP contribution is 2.21. The van der Waals surface area contributed by atoms with Crippen molar-refractivity contribution in [3.05, 3.63) is 29.8 Å². The zero-order chi connectivity index (χ0) is 14.0. The van der Waals surface area contributed by atoms with E-state index < -0.39 is 10.0 Å². The van der Waals surface area contributed by atoms with E-state index in [1.807, 2.05) is 13.8 Å². The van der Waals surface area contributed by atoms with Crippen LogP contribution in [-0.4, -0.2) is 31.6 Å². The fourth-order valence-electron chi connectivity index (χ4n) is 2.20. The van der Waals surface area contributed by atoms with Crippen LogP contribution in [0.25, 0.3) is 0 Å². The second-order valence-corrected chi connectivity index (χ2v) is 7.09. The van der Waals surface area contributed by atoms with Crippen LogP contribution >= 0.6 is 0 Å². The lowest BCUT2D eigenvalue weighted by Crippen LogP contribution is -2.27.